The van der Waals surface area contributed by atoms with Gasteiger partial charge < -0.3 is 29.3 Å². The second-order valence-electron chi connectivity index (χ2n) is 12.0. The number of amides is 3. The number of nitrogens with zero attached hydrogens (tertiary/aromatic N) is 4. The van der Waals surface area contributed by atoms with Gasteiger partial charge in [-0.2, -0.15) is 0 Å². The summed E-state index contributed by atoms with van der Waals surface area (Å²) in [5, 5.41) is 9.32. The highest BCUT2D eigenvalue weighted by molar-refractivity contribution is 6.03. The molecule has 4 heterocycles. The molecule has 5 atom stereocenters. The van der Waals surface area contributed by atoms with Gasteiger partial charge in [0.2, 0.25) is 17.7 Å². The van der Waals surface area contributed by atoms with E-state index in [0.29, 0.717) is 71.6 Å². The van der Waals surface area contributed by atoms with Gasteiger partial charge in [-0.25, -0.2) is 0 Å². The number of benzene rings is 1. The van der Waals surface area contributed by atoms with Crippen molar-refractivity contribution in [1.29, 1.82) is 0 Å². The average molecular weight is 595 g/mol. The topological polar surface area (TPSA) is 103 Å². The Morgan fingerprint density at radius 1 is 1.02 bits per heavy atom. The molecule has 234 valence electrons. The van der Waals surface area contributed by atoms with Gasteiger partial charge in [0.15, 0.2) is 0 Å². The highest BCUT2D eigenvalue weighted by atomic mass is 16.5. The third-order valence-electron chi connectivity index (χ3n) is 9.47. The molecule has 1 aromatic carbocycles. The van der Waals surface area contributed by atoms with Crippen LogP contribution in [0.25, 0.3) is 0 Å². The van der Waals surface area contributed by atoms with Gasteiger partial charge in [-0.3, -0.25) is 19.3 Å². The van der Waals surface area contributed by atoms with Crippen LogP contribution in [0.2, 0.25) is 0 Å². The van der Waals surface area contributed by atoms with E-state index >= 15 is 0 Å². The fourth-order valence-electron chi connectivity index (χ4n) is 7.47. The number of carbonyl (C=O) groups is 3. The molecule has 3 amide bonds. The first-order valence-corrected chi connectivity index (χ1v) is 15.7. The lowest BCUT2D eigenvalue weighted by Crippen LogP contribution is -2.57. The third-order valence-corrected chi connectivity index (χ3v) is 9.47. The summed E-state index contributed by atoms with van der Waals surface area (Å²) in [5.41, 5.74) is -0.311. The van der Waals surface area contributed by atoms with E-state index in [1.54, 1.807) is 26.9 Å². The molecule has 0 aromatic heterocycles. The molecule has 0 aliphatic carbocycles. The van der Waals surface area contributed by atoms with E-state index in [1.165, 1.54) is 0 Å². The van der Waals surface area contributed by atoms with E-state index in [-0.39, 0.29) is 24.3 Å². The van der Waals surface area contributed by atoms with Gasteiger partial charge in [-0.1, -0.05) is 30.4 Å². The zero-order chi connectivity index (χ0) is 30.4. The minimum absolute atomic E-state index is 0.0809. The molecule has 0 saturated carbocycles. The summed E-state index contributed by atoms with van der Waals surface area (Å²) < 4.78 is 12.2. The molecule has 1 N–H and O–H groups in total. The Kier molecular flexibility index (Phi) is 10.3. The fraction of sp³-hybridized carbons (Fsp3) is 0.606. The van der Waals surface area contributed by atoms with Crippen LogP contribution in [0.1, 0.15) is 32.1 Å². The van der Waals surface area contributed by atoms with Crippen LogP contribution in [0.15, 0.2) is 55.6 Å². The van der Waals surface area contributed by atoms with Crippen molar-refractivity contribution in [3.05, 3.63) is 55.6 Å². The average Bonchev–Trinajstić information content (AvgIpc) is 3.68. The predicted molar refractivity (Wildman–Crippen MR) is 163 cm³/mol. The molecule has 4 aliphatic heterocycles. The summed E-state index contributed by atoms with van der Waals surface area (Å²) in [4.78, 5) is 50.6. The number of hydrogen-bond donors (Lipinski definition) is 1. The van der Waals surface area contributed by atoms with E-state index in [9.17, 15) is 19.5 Å². The van der Waals surface area contributed by atoms with Gasteiger partial charge in [0, 0.05) is 58.1 Å². The number of rotatable bonds is 15. The second kappa shape index (κ2) is 14.2. The Morgan fingerprint density at radius 3 is 2.47 bits per heavy atom. The number of morpholine rings is 1. The summed E-state index contributed by atoms with van der Waals surface area (Å²) in [6, 6.07) is 8.61. The van der Waals surface area contributed by atoms with Crippen molar-refractivity contribution in [2.45, 2.75) is 49.9 Å². The monoisotopic (exact) mass is 594 g/mol. The molecule has 1 aromatic rings. The molecular weight excluding hydrogens is 548 g/mol. The van der Waals surface area contributed by atoms with E-state index in [4.69, 9.17) is 9.47 Å². The Balaban J connectivity index is 1.44. The Morgan fingerprint density at radius 2 is 1.77 bits per heavy atom. The summed E-state index contributed by atoms with van der Waals surface area (Å²) in [6.07, 6.45) is 6.18. The number of aliphatic hydroxyl groups excluding tert-OH is 1. The zero-order valence-corrected chi connectivity index (χ0v) is 25.1. The van der Waals surface area contributed by atoms with Gasteiger partial charge in [0.1, 0.15) is 11.6 Å². The molecule has 10 heteroatoms. The van der Waals surface area contributed by atoms with Crippen LogP contribution < -0.4 is 4.90 Å². The normalized spacial score (nSPS) is 28.1. The van der Waals surface area contributed by atoms with Gasteiger partial charge in [-0.05, 0) is 44.2 Å². The van der Waals surface area contributed by atoms with E-state index < -0.39 is 29.6 Å². The summed E-state index contributed by atoms with van der Waals surface area (Å²) in [5.74, 6) is -1.90. The molecule has 0 radical (unpaired) electrons. The van der Waals surface area contributed by atoms with E-state index in [1.807, 2.05) is 30.3 Å². The number of likely N-dealkylation sites (tertiary alicyclic amines) is 1. The molecule has 1 spiro atoms. The lowest BCUT2D eigenvalue weighted by Gasteiger charge is -2.37. The van der Waals surface area contributed by atoms with Crippen LogP contribution >= 0.6 is 0 Å². The number of carbonyl (C=O) groups excluding carboxylic acids is 3. The van der Waals surface area contributed by atoms with Crippen LogP contribution in [-0.4, -0.2) is 121 Å². The van der Waals surface area contributed by atoms with Crippen LogP contribution in [-0.2, 0) is 23.9 Å². The Bertz CT molecular complexity index is 1160. The molecule has 43 heavy (non-hydrogen) atoms. The number of unbranched alkanes of at least 4 members (excludes halogenated alkanes) is 2. The van der Waals surface area contributed by atoms with Crippen LogP contribution in [0.4, 0.5) is 5.69 Å². The molecule has 2 bridgehead atoms. The summed E-state index contributed by atoms with van der Waals surface area (Å²) in [7, 11) is 0. The molecule has 4 aliphatic rings. The van der Waals surface area contributed by atoms with Crippen molar-refractivity contribution in [1.82, 2.24) is 14.7 Å². The highest BCUT2D eigenvalue weighted by Crippen LogP contribution is 2.59. The van der Waals surface area contributed by atoms with Gasteiger partial charge >= 0.3 is 0 Å². The SMILES string of the molecule is C=CCN(CCN1CCOCC1)C(=O)C1N(CCCCCO)C(=O)[C@@H]2[C@@H](C(=O)N(CC=C)c3ccccc3)[C@H]3CCC12O3. The van der Waals surface area contributed by atoms with Crippen molar-refractivity contribution in [3.8, 4) is 0 Å². The number of hydrogen-bond acceptors (Lipinski definition) is 7. The van der Waals surface area contributed by atoms with Gasteiger partial charge in [0.25, 0.3) is 0 Å². The maximum absolute atomic E-state index is 14.5. The molecule has 4 saturated heterocycles. The lowest BCUT2D eigenvalue weighted by molar-refractivity contribution is -0.148. The van der Waals surface area contributed by atoms with E-state index in [0.717, 1.165) is 25.2 Å². The first kappa shape index (κ1) is 31.4. The molecule has 4 fully saturated rings. The number of aliphatic hydroxyl groups is 1. The minimum atomic E-state index is -1.05. The fourth-order valence-corrected chi connectivity index (χ4v) is 7.47. The van der Waals surface area contributed by atoms with Gasteiger partial charge in [-0.15, -0.1) is 13.2 Å². The molecule has 5 rings (SSSR count). The van der Waals surface area contributed by atoms with Crippen molar-refractivity contribution < 1.29 is 29.0 Å². The summed E-state index contributed by atoms with van der Waals surface area (Å²) >= 11 is 0. The minimum Gasteiger partial charge on any atom is -0.396 e. The highest BCUT2D eigenvalue weighted by Gasteiger charge is 2.74. The first-order valence-electron chi connectivity index (χ1n) is 15.7. The largest absolute Gasteiger partial charge is 0.396 e. The van der Waals surface area contributed by atoms with Crippen molar-refractivity contribution in [2.75, 3.05) is 70.5 Å². The number of anilines is 1. The maximum atomic E-state index is 14.5. The number of ether oxygens (including phenoxy) is 2. The maximum Gasteiger partial charge on any atom is 0.248 e. The van der Waals surface area contributed by atoms with Crippen molar-refractivity contribution >= 4 is 23.4 Å². The second-order valence-corrected chi connectivity index (χ2v) is 12.0. The third kappa shape index (κ3) is 6.16. The predicted octanol–water partition coefficient (Wildman–Crippen LogP) is 2.09. The molecule has 2 unspecified atom stereocenters. The zero-order valence-electron chi connectivity index (χ0n) is 25.1. The van der Waals surface area contributed by atoms with Crippen LogP contribution in [0.5, 0.6) is 0 Å². The first-order chi connectivity index (χ1) is 21.0. The van der Waals surface area contributed by atoms with Crippen LogP contribution in [0.3, 0.4) is 0 Å². The number of para-hydroxylation sites is 1. The smallest absolute Gasteiger partial charge is 0.248 e. The molecule has 10 nitrogen and oxygen atoms in total. The standard InChI is InChI=1S/C33H46N4O6/c1-3-15-35(19-18-34-20-23-42-24-21-34)32(41)29-33-14-13-26(43-33)27(28(33)31(40)37(29)17-9-6-10-22-38)30(39)36(16-4-2)25-11-7-5-8-12-25/h3-5,7-8,11-12,26-29,38H,1-2,6,9-10,13-24H2/t26-,27+,28+,29?,33?/m1/s1. The van der Waals surface area contributed by atoms with E-state index in [2.05, 4.69) is 18.1 Å². The van der Waals surface area contributed by atoms with Gasteiger partial charge in [0.05, 0.1) is 31.2 Å². The lowest BCUT2D eigenvalue weighted by atomic mass is 9.70. The van der Waals surface area contributed by atoms with Crippen LogP contribution in [0, 0.1) is 11.8 Å². The van der Waals surface area contributed by atoms with Crippen molar-refractivity contribution in [2.24, 2.45) is 11.8 Å². The number of fused-ring (bicyclic) bond motifs is 1. The summed E-state index contributed by atoms with van der Waals surface area (Å²) in [6.45, 7) is 13.1. The quantitative estimate of drug-likeness (QED) is 0.245. The Labute approximate surface area is 254 Å². The van der Waals surface area contributed by atoms with Crippen molar-refractivity contribution in [3.63, 3.8) is 0 Å². The Hall–Kier alpha value is -3.05. The molecular formula is C33H46N4O6.